The van der Waals surface area contributed by atoms with E-state index >= 15 is 0 Å². The summed E-state index contributed by atoms with van der Waals surface area (Å²) < 4.78 is 17.0. The third kappa shape index (κ3) is 63.6. The Bertz CT molecular complexity index is 1420. The lowest BCUT2D eigenvalue weighted by Crippen LogP contribution is -2.30. The zero-order chi connectivity index (χ0) is 55.7. The number of unbranched alkanes of at least 4 members (excludes halogenated alkanes) is 38. The van der Waals surface area contributed by atoms with Gasteiger partial charge >= 0.3 is 17.9 Å². The smallest absolute Gasteiger partial charge is 0.306 e. The van der Waals surface area contributed by atoms with E-state index in [4.69, 9.17) is 14.2 Å². The highest BCUT2D eigenvalue weighted by atomic mass is 16.6. The molecule has 77 heavy (non-hydrogen) atoms. The molecule has 1 atom stereocenters. The van der Waals surface area contributed by atoms with E-state index in [1.54, 1.807) is 0 Å². The highest BCUT2D eigenvalue weighted by Gasteiger charge is 2.19. The highest BCUT2D eigenvalue weighted by molar-refractivity contribution is 5.71. The number of allylic oxidation sites excluding steroid dienone is 12. The Hall–Kier alpha value is -3.15. The molecule has 6 heteroatoms. The molecular weight excluding hydrogens is 949 g/mol. The van der Waals surface area contributed by atoms with Crippen molar-refractivity contribution in [2.75, 3.05) is 13.2 Å². The minimum absolute atomic E-state index is 0.0803. The van der Waals surface area contributed by atoms with E-state index in [9.17, 15) is 14.4 Å². The lowest BCUT2D eigenvalue weighted by molar-refractivity contribution is -0.167. The Labute approximate surface area is 478 Å². The normalized spacial score (nSPS) is 12.5. The molecule has 0 aromatic carbocycles. The molecule has 0 heterocycles. The van der Waals surface area contributed by atoms with Gasteiger partial charge in [-0.25, -0.2) is 0 Å². The minimum atomic E-state index is -0.786. The van der Waals surface area contributed by atoms with Crippen LogP contribution in [0.5, 0.6) is 0 Å². The van der Waals surface area contributed by atoms with E-state index in [2.05, 4.69) is 93.7 Å². The fraction of sp³-hybridized carbons (Fsp3) is 0.789. The first-order valence-electron chi connectivity index (χ1n) is 33.4. The van der Waals surface area contributed by atoms with Gasteiger partial charge in [-0.05, 0) is 96.3 Å². The van der Waals surface area contributed by atoms with Crippen molar-refractivity contribution in [2.45, 2.75) is 348 Å². The lowest BCUT2D eigenvalue weighted by atomic mass is 10.0. The summed E-state index contributed by atoms with van der Waals surface area (Å²) in [4.78, 5) is 38.4. The third-order valence-corrected chi connectivity index (χ3v) is 14.7. The topological polar surface area (TPSA) is 78.9 Å². The molecule has 0 aliphatic heterocycles. The maximum atomic E-state index is 12.9. The first-order valence-corrected chi connectivity index (χ1v) is 33.4. The Morgan fingerprint density at radius 2 is 0.468 bits per heavy atom. The number of esters is 3. The molecule has 0 amide bonds. The zero-order valence-electron chi connectivity index (χ0n) is 51.2. The monoisotopic (exact) mass is 1070 g/mol. The van der Waals surface area contributed by atoms with Gasteiger partial charge in [-0.3, -0.25) is 14.4 Å². The van der Waals surface area contributed by atoms with Gasteiger partial charge in [0.1, 0.15) is 13.2 Å². The number of carbonyl (C=O) groups is 3. The number of hydrogen-bond donors (Lipinski definition) is 0. The second-order valence-corrected chi connectivity index (χ2v) is 22.4. The Morgan fingerprint density at radius 1 is 0.260 bits per heavy atom. The molecule has 0 bridgehead atoms. The molecule has 0 aromatic heterocycles. The maximum Gasteiger partial charge on any atom is 0.306 e. The SMILES string of the molecule is CCCCCCC/C=C\C/C=C\C/C=C\CCCCCCCCCCC(=O)OCC(COC(=O)CCCCCCCCCCCCCCCCC)OC(=O)CCCCCCCC/C=C\C/C=C\C/C=C\CCCCCCC. The Balaban J connectivity index is 4.38. The molecule has 1 unspecified atom stereocenters. The van der Waals surface area contributed by atoms with Crippen molar-refractivity contribution < 1.29 is 28.6 Å². The quantitative estimate of drug-likeness (QED) is 0.0261. The van der Waals surface area contributed by atoms with E-state index in [0.29, 0.717) is 19.3 Å². The molecule has 446 valence electrons. The molecule has 0 saturated heterocycles. The van der Waals surface area contributed by atoms with Crippen LogP contribution in [-0.2, 0) is 28.6 Å². The van der Waals surface area contributed by atoms with Crippen LogP contribution in [0.2, 0.25) is 0 Å². The summed E-state index contributed by atoms with van der Waals surface area (Å²) in [5.74, 6) is -0.883. The van der Waals surface area contributed by atoms with Crippen molar-refractivity contribution in [3.05, 3.63) is 72.9 Å². The molecule has 6 nitrogen and oxygen atoms in total. The van der Waals surface area contributed by atoms with Crippen LogP contribution in [-0.4, -0.2) is 37.2 Å². The average Bonchev–Trinajstić information content (AvgIpc) is 3.43. The highest BCUT2D eigenvalue weighted by Crippen LogP contribution is 2.17. The van der Waals surface area contributed by atoms with Gasteiger partial charge in [-0.15, -0.1) is 0 Å². The molecular formula is C71H126O6. The summed E-state index contributed by atoms with van der Waals surface area (Å²) in [6.07, 6.45) is 84.7. The average molecular weight is 1080 g/mol. The van der Waals surface area contributed by atoms with Crippen LogP contribution in [0.25, 0.3) is 0 Å². The first-order chi connectivity index (χ1) is 38.0. The fourth-order valence-electron chi connectivity index (χ4n) is 9.64. The fourth-order valence-corrected chi connectivity index (χ4v) is 9.64. The summed E-state index contributed by atoms with van der Waals surface area (Å²) in [6.45, 7) is 6.65. The molecule has 0 aliphatic rings. The molecule has 0 saturated carbocycles. The number of rotatable bonds is 61. The summed E-state index contributed by atoms with van der Waals surface area (Å²) in [5.41, 5.74) is 0. The van der Waals surface area contributed by atoms with E-state index in [-0.39, 0.29) is 31.1 Å². The molecule has 0 spiro atoms. The number of carbonyl (C=O) groups excluding carboxylic acids is 3. The van der Waals surface area contributed by atoms with Crippen LogP contribution in [0.15, 0.2) is 72.9 Å². The predicted octanol–water partition coefficient (Wildman–Crippen LogP) is 22.9. The van der Waals surface area contributed by atoms with Gasteiger partial charge in [0, 0.05) is 19.3 Å². The van der Waals surface area contributed by atoms with Gasteiger partial charge in [0.15, 0.2) is 6.10 Å². The number of ether oxygens (including phenoxy) is 3. The van der Waals surface area contributed by atoms with E-state index < -0.39 is 6.10 Å². The van der Waals surface area contributed by atoms with E-state index in [0.717, 1.165) is 103 Å². The van der Waals surface area contributed by atoms with Crippen LogP contribution in [0, 0.1) is 0 Å². The molecule has 0 rings (SSSR count). The summed E-state index contributed by atoms with van der Waals surface area (Å²) in [6, 6.07) is 0. The van der Waals surface area contributed by atoms with Crippen molar-refractivity contribution in [3.63, 3.8) is 0 Å². The maximum absolute atomic E-state index is 12.9. The van der Waals surface area contributed by atoms with Gasteiger partial charge in [0.25, 0.3) is 0 Å². The summed E-state index contributed by atoms with van der Waals surface area (Å²) in [7, 11) is 0. The Kier molecular flexibility index (Phi) is 62.7. The molecule has 0 N–H and O–H groups in total. The summed E-state index contributed by atoms with van der Waals surface area (Å²) >= 11 is 0. The Morgan fingerprint density at radius 3 is 0.727 bits per heavy atom. The van der Waals surface area contributed by atoms with Crippen molar-refractivity contribution in [1.29, 1.82) is 0 Å². The third-order valence-electron chi connectivity index (χ3n) is 14.7. The van der Waals surface area contributed by atoms with Crippen LogP contribution in [0.4, 0.5) is 0 Å². The van der Waals surface area contributed by atoms with Crippen molar-refractivity contribution in [2.24, 2.45) is 0 Å². The van der Waals surface area contributed by atoms with Gasteiger partial charge in [0.2, 0.25) is 0 Å². The lowest BCUT2D eigenvalue weighted by Gasteiger charge is -2.18. The van der Waals surface area contributed by atoms with Gasteiger partial charge in [-0.2, -0.15) is 0 Å². The van der Waals surface area contributed by atoms with Gasteiger partial charge < -0.3 is 14.2 Å². The van der Waals surface area contributed by atoms with Crippen LogP contribution >= 0.6 is 0 Å². The van der Waals surface area contributed by atoms with Crippen LogP contribution in [0.3, 0.4) is 0 Å². The van der Waals surface area contributed by atoms with Gasteiger partial charge in [-0.1, -0.05) is 299 Å². The van der Waals surface area contributed by atoms with Crippen molar-refractivity contribution in [1.82, 2.24) is 0 Å². The molecule has 0 aliphatic carbocycles. The molecule has 0 fully saturated rings. The second kappa shape index (κ2) is 65.4. The number of hydrogen-bond acceptors (Lipinski definition) is 6. The molecule has 0 aromatic rings. The van der Waals surface area contributed by atoms with Crippen molar-refractivity contribution >= 4 is 17.9 Å². The van der Waals surface area contributed by atoms with Crippen molar-refractivity contribution in [3.8, 4) is 0 Å². The van der Waals surface area contributed by atoms with Crippen LogP contribution in [0.1, 0.15) is 342 Å². The van der Waals surface area contributed by atoms with Gasteiger partial charge in [0.05, 0.1) is 0 Å². The van der Waals surface area contributed by atoms with Crippen LogP contribution < -0.4 is 0 Å². The first kappa shape index (κ1) is 73.8. The minimum Gasteiger partial charge on any atom is -0.462 e. The largest absolute Gasteiger partial charge is 0.462 e. The van der Waals surface area contributed by atoms with E-state index in [1.807, 2.05) is 0 Å². The standard InChI is InChI=1S/C71H126O6/c1-4-7-10-13-16-19-22-25-28-30-32-34-35-37-38-40-43-46-49-52-55-58-61-64-70(73)76-67-68(66-75-69(72)63-60-57-54-51-48-45-42-27-24-21-18-15-12-9-6-3)77-71(74)65-62-59-56-53-50-47-44-41-39-36-33-31-29-26-23-20-17-14-11-8-5-2/h22-23,25-26,30-33,35,37,39,41,68H,4-21,24,27-29,34,36,38,40,42-67H2,1-3H3/b25-22-,26-23-,32-30-,33-31-,37-35-,41-39-. The zero-order valence-corrected chi connectivity index (χ0v) is 51.2. The molecule has 0 radical (unpaired) electrons. The summed E-state index contributed by atoms with van der Waals surface area (Å²) in [5, 5.41) is 0. The predicted molar refractivity (Wildman–Crippen MR) is 335 cm³/mol. The van der Waals surface area contributed by atoms with E-state index in [1.165, 1.54) is 199 Å². The second-order valence-electron chi connectivity index (χ2n) is 22.4.